The number of hydrogen-bond donors (Lipinski definition) is 0. The van der Waals surface area contributed by atoms with Gasteiger partial charge in [-0.25, -0.2) is 0 Å². The lowest BCUT2D eigenvalue weighted by atomic mass is 10.1. The predicted molar refractivity (Wildman–Crippen MR) is 100 cm³/mol. The quantitative estimate of drug-likeness (QED) is 0.353. The van der Waals surface area contributed by atoms with Crippen LogP contribution in [0.3, 0.4) is 0 Å². The molecule has 1 aromatic carbocycles. The molecule has 4 nitrogen and oxygen atoms in total. The average Bonchev–Trinajstić information content (AvgIpc) is 2.61. The molecule has 0 radical (unpaired) electrons. The maximum absolute atomic E-state index is 11.2. The molecule has 0 N–H and O–H groups in total. The first-order chi connectivity index (χ1) is 12.1. The Balaban J connectivity index is 1.97. The molecule has 0 aromatic heterocycles. The third-order valence-corrected chi connectivity index (χ3v) is 4.10. The maximum atomic E-state index is 11.2. The van der Waals surface area contributed by atoms with Crippen molar-refractivity contribution in [2.75, 3.05) is 13.2 Å². The molecular weight excluding hydrogens is 316 g/mol. The van der Waals surface area contributed by atoms with Crippen LogP contribution >= 0.6 is 0 Å². The normalized spacial score (nSPS) is 13.4. The number of carbonyl (C=O) groups is 1. The van der Waals surface area contributed by atoms with Crippen molar-refractivity contribution in [3.63, 3.8) is 0 Å². The summed E-state index contributed by atoms with van der Waals surface area (Å²) >= 11 is 0. The second-order valence-corrected chi connectivity index (χ2v) is 6.48. The minimum Gasteiger partial charge on any atom is -0.466 e. The third-order valence-electron chi connectivity index (χ3n) is 4.10. The molecular formula is C21H34O4. The number of benzene rings is 1. The van der Waals surface area contributed by atoms with Crippen molar-refractivity contribution in [1.82, 2.24) is 0 Å². The molecule has 0 bridgehead atoms. The smallest absolute Gasteiger partial charge is 0.305 e. The van der Waals surface area contributed by atoms with E-state index in [1.807, 2.05) is 25.1 Å². The summed E-state index contributed by atoms with van der Waals surface area (Å²) in [6.07, 6.45) is 5.93. The van der Waals surface area contributed by atoms with Gasteiger partial charge in [0.2, 0.25) is 0 Å². The molecule has 0 aliphatic carbocycles. The van der Waals surface area contributed by atoms with E-state index in [-0.39, 0.29) is 18.2 Å². The van der Waals surface area contributed by atoms with Crippen LogP contribution in [0.4, 0.5) is 0 Å². The summed E-state index contributed by atoms with van der Waals surface area (Å²) in [7, 11) is 0. The van der Waals surface area contributed by atoms with E-state index in [0.29, 0.717) is 19.6 Å². The highest BCUT2D eigenvalue weighted by Gasteiger charge is 2.07. The number of ether oxygens (including phenoxy) is 3. The van der Waals surface area contributed by atoms with E-state index in [0.717, 1.165) is 38.7 Å². The Morgan fingerprint density at radius 3 is 2.40 bits per heavy atom. The van der Waals surface area contributed by atoms with Gasteiger partial charge in [-0.2, -0.15) is 0 Å². The van der Waals surface area contributed by atoms with E-state index < -0.39 is 0 Å². The molecule has 0 spiro atoms. The van der Waals surface area contributed by atoms with Crippen LogP contribution in [0.5, 0.6) is 0 Å². The second-order valence-electron chi connectivity index (χ2n) is 6.48. The standard InChI is InChI=1S/C21H34O4/c1-4-23-21(22)14-10-5-7-11-18(2)24-16-15-19(3)25-17-20-12-8-6-9-13-20/h6,8-9,12-13,18-19H,4-5,7,10-11,14-17H2,1-3H3. The van der Waals surface area contributed by atoms with Crippen molar-refractivity contribution in [1.29, 1.82) is 0 Å². The first-order valence-electron chi connectivity index (χ1n) is 9.54. The fourth-order valence-corrected chi connectivity index (χ4v) is 2.53. The zero-order valence-electron chi connectivity index (χ0n) is 16.0. The first-order valence-corrected chi connectivity index (χ1v) is 9.54. The van der Waals surface area contributed by atoms with Gasteiger partial charge in [0.05, 0.1) is 25.4 Å². The molecule has 0 saturated heterocycles. The van der Waals surface area contributed by atoms with Gasteiger partial charge in [-0.1, -0.05) is 43.2 Å². The summed E-state index contributed by atoms with van der Waals surface area (Å²) in [5.41, 5.74) is 1.20. The van der Waals surface area contributed by atoms with E-state index in [9.17, 15) is 4.79 Å². The van der Waals surface area contributed by atoms with Gasteiger partial charge in [-0.05, 0) is 45.6 Å². The molecule has 2 atom stereocenters. The van der Waals surface area contributed by atoms with E-state index in [1.165, 1.54) is 5.56 Å². The minimum atomic E-state index is -0.0868. The van der Waals surface area contributed by atoms with Crippen molar-refractivity contribution >= 4 is 5.97 Å². The van der Waals surface area contributed by atoms with Gasteiger partial charge in [0, 0.05) is 13.0 Å². The van der Waals surface area contributed by atoms with E-state index in [4.69, 9.17) is 14.2 Å². The van der Waals surface area contributed by atoms with Crippen molar-refractivity contribution in [2.45, 2.75) is 78.1 Å². The van der Waals surface area contributed by atoms with E-state index in [2.05, 4.69) is 26.0 Å². The zero-order chi connectivity index (χ0) is 18.3. The van der Waals surface area contributed by atoms with Gasteiger partial charge in [0.1, 0.15) is 0 Å². The van der Waals surface area contributed by atoms with Crippen molar-refractivity contribution in [3.8, 4) is 0 Å². The van der Waals surface area contributed by atoms with Gasteiger partial charge in [-0.15, -0.1) is 0 Å². The van der Waals surface area contributed by atoms with Gasteiger partial charge in [-0.3, -0.25) is 4.79 Å². The topological polar surface area (TPSA) is 44.8 Å². The number of carbonyl (C=O) groups excluding carboxylic acids is 1. The van der Waals surface area contributed by atoms with Crippen LogP contribution in [0.2, 0.25) is 0 Å². The van der Waals surface area contributed by atoms with Crippen molar-refractivity contribution < 1.29 is 19.0 Å². The highest BCUT2D eigenvalue weighted by molar-refractivity contribution is 5.69. The Labute approximate surface area is 152 Å². The largest absolute Gasteiger partial charge is 0.466 e. The Morgan fingerprint density at radius 1 is 0.960 bits per heavy atom. The van der Waals surface area contributed by atoms with E-state index >= 15 is 0 Å². The summed E-state index contributed by atoms with van der Waals surface area (Å²) in [6.45, 7) is 7.88. The van der Waals surface area contributed by atoms with Crippen molar-refractivity contribution in [2.24, 2.45) is 0 Å². The Bertz CT molecular complexity index is 446. The van der Waals surface area contributed by atoms with Crippen LogP contribution in [0, 0.1) is 0 Å². The number of rotatable bonds is 14. The molecule has 1 aromatic rings. The molecule has 1 rings (SSSR count). The number of hydrogen-bond acceptors (Lipinski definition) is 4. The Morgan fingerprint density at radius 2 is 1.68 bits per heavy atom. The second kappa shape index (κ2) is 13.9. The van der Waals surface area contributed by atoms with Gasteiger partial charge >= 0.3 is 5.97 Å². The molecule has 0 amide bonds. The Kier molecular flexibility index (Phi) is 12.0. The summed E-state index contributed by atoms with van der Waals surface area (Å²) in [6, 6.07) is 10.2. The maximum Gasteiger partial charge on any atom is 0.305 e. The van der Waals surface area contributed by atoms with Crippen LogP contribution in [0.15, 0.2) is 30.3 Å². The fraction of sp³-hybridized carbons (Fsp3) is 0.667. The van der Waals surface area contributed by atoms with Crippen LogP contribution in [0.25, 0.3) is 0 Å². The lowest BCUT2D eigenvalue weighted by Gasteiger charge is -2.16. The Hall–Kier alpha value is -1.39. The number of unbranched alkanes of at least 4 members (excludes halogenated alkanes) is 2. The molecule has 25 heavy (non-hydrogen) atoms. The van der Waals surface area contributed by atoms with Crippen LogP contribution < -0.4 is 0 Å². The molecule has 2 unspecified atom stereocenters. The predicted octanol–water partition coefficient (Wildman–Crippen LogP) is 4.90. The summed E-state index contributed by atoms with van der Waals surface area (Å²) in [4.78, 5) is 11.2. The highest BCUT2D eigenvalue weighted by atomic mass is 16.5. The SMILES string of the molecule is CCOC(=O)CCCCCC(C)OCCC(C)OCc1ccccc1. The monoisotopic (exact) mass is 350 g/mol. The summed E-state index contributed by atoms with van der Waals surface area (Å²) < 4.78 is 16.6. The van der Waals surface area contributed by atoms with Gasteiger partial charge < -0.3 is 14.2 Å². The summed E-state index contributed by atoms with van der Waals surface area (Å²) in [5, 5.41) is 0. The van der Waals surface area contributed by atoms with Crippen LogP contribution in [0.1, 0.15) is 64.9 Å². The number of esters is 1. The molecule has 0 heterocycles. The fourth-order valence-electron chi connectivity index (χ4n) is 2.53. The molecule has 0 fully saturated rings. The average molecular weight is 350 g/mol. The lowest BCUT2D eigenvalue weighted by Crippen LogP contribution is -2.15. The van der Waals surface area contributed by atoms with Crippen LogP contribution in [-0.2, 0) is 25.6 Å². The van der Waals surface area contributed by atoms with Crippen LogP contribution in [-0.4, -0.2) is 31.4 Å². The molecule has 0 saturated carbocycles. The third kappa shape index (κ3) is 11.7. The van der Waals surface area contributed by atoms with Gasteiger partial charge in [0.15, 0.2) is 0 Å². The highest BCUT2D eigenvalue weighted by Crippen LogP contribution is 2.10. The lowest BCUT2D eigenvalue weighted by molar-refractivity contribution is -0.143. The molecule has 4 heteroatoms. The minimum absolute atomic E-state index is 0.0868. The summed E-state index contributed by atoms with van der Waals surface area (Å²) in [5.74, 6) is -0.0868. The molecule has 0 aliphatic rings. The van der Waals surface area contributed by atoms with Gasteiger partial charge in [0.25, 0.3) is 0 Å². The van der Waals surface area contributed by atoms with E-state index in [1.54, 1.807) is 0 Å². The first kappa shape index (κ1) is 21.7. The van der Waals surface area contributed by atoms with Crippen molar-refractivity contribution in [3.05, 3.63) is 35.9 Å². The zero-order valence-corrected chi connectivity index (χ0v) is 16.0. The molecule has 142 valence electrons. The molecule has 0 aliphatic heterocycles.